The Bertz CT molecular complexity index is 1040. The molecule has 0 atom stereocenters. The van der Waals surface area contributed by atoms with E-state index in [0.717, 1.165) is 11.8 Å². The number of thioether (sulfide) groups is 1. The number of rotatable bonds is 5. The van der Waals surface area contributed by atoms with E-state index in [1.807, 2.05) is 0 Å². The van der Waals surface area contributed by atoms with E-state index < -0.39 is 0 Å². The van der Waals surface area contributed by atoms with E-state index in [2.05, 4.69) is 15.5 Å². The summed E-state index contributed by atoms with van der Waals surface area (Å²) in [6, 6.07) is 8.29. The van der Waals surface area contributed by atoms with Crippen molar-refractivity contribution in [3.8, 4) is 23.0 Å². The van der Waals surface area contributed by atoms with Gasteiger partial charge < -0.3 is 19.2 Å². The first-order valence-corrected chi connectivity index (χ1v) is 9.92. The second kappa shape index (κ2) is 8.08. The van der Waals surface area contributed by atoms with Gasteiger partial charge in [-0.3, -0.25) is 4.79 Å². The molecule has 0 aliphatic carbocycles. The highest BCUT2D eigenvalue weighted by molar-refractivity contribution is 7.99. The number of anilines is 1. The van der Waals surface area contributed by atoms with E-state index in [9.17, 15) is 4.79 Å². The predicted molar refractivity (Wildman–Crippen MR) is 107 cm³/mol. The summed E-state index contributed by atoms with van der Waals surface area (Å²) >= 11 is 19.1. The molecule has 1 amide bonds. The molecule has 2 aromatic carbocycles. The monoisotopic (exact) mass is 457 g/mol. The van der Waals surface area contributed by atoms with Gasteiger partial charge in [0, 0.05) is 10.6 Å². The fourth-order valence-electron chi connectivity index (χ4n) is 2.38. The summed E-state index contributed by atoms with van der Waals surface area (Å²) in [5, 5.41) is 11.7. The van der Waals surface area contributed by atoms with Crippen LogP contribution in [-0.4, -0.2) is 28.7 Å². The van der Waals surface area contributed by atoms with E-state index in [1.165, 1.54) is 12.1 Å². The molecule has 3 aromatic rings. The predicted octanol–water partition coefficient (Wildman–Crippen LogP) is 5.16. The van der Waals surface area contributed by atoms with E-state index in [0.29, 0.717) is 33.7 Å². The summed E-state index contributed by atoms with van der Waals surface area (Å²) in [6.07, 6.45) is 0. The molecule has 0 fully saturated rings. The molecule has 0 saturated carbocycles. The average Bonchev–Trinajstić information content (AvgIpc) is 3.31. The van der Waals surface area contributed by atoms with Gasteiger partial charge in [0.15, 0.2) is 11.5 Å². The van der Waals surface area contributed by atoms with Crippen molar-refractivity contribution in [2.24, 2.45) is 0 Å². The lowest BCUT2D eigenvalue weighted by Crippen LogP contribution is -2.14. The summed E-state index contributed by atoms with van der Waals surface area (Å²) in [6.45, 7) is 0.181. The maximum absolute atomic E-state index is 12.2. The number of halogens is 3. The molecular formula is C17H10Cl3N3O4S. The van der Waals surface area contributed by atoms with Gasteiger partial charge in [0.2, 0.25) is 18.6 Å². The molecule has 2 heterocycles. The van der Waals surface area contributed by atoms with Gasteiger partial charge in [-0.05, 0) is 30.3 Å². The normalized spacial score (nSPS) is 12.2. The summed E-state index contributed by atoms with van der Waals surface area (Å²) in [4.78, 5) is 12.2. The van der Waals surface area contributed by atoms with Crippen LogP contribution in [0, 0.1) is 0 Å². The second-order valence-corrected chi connectivity index (χ2v) is 7.70. The lowest BCUT2D eigenvalue weighted by Gasteiger charge is -2.09. The average molecular weight is 459 g/mol. The Morgan fingerprint density at radius 1 is 1.07 bits per heavy atom. The maximum Gasteiger partial charge on any atom is 0.277 e. The number of aromatic nitrogens is 2. The zero-order chi connectivity index (χ0) is 19.7. The lowest BCUT2D eigenvalue weighted by atomic mass is 10.2. The number of amides is 1. The highest BCUT2D eigenvalue weighted by Crippen LogP contribution is 2.36. The second-order valence-electron chi connectivity index (χ2n) is 5.52. The molecule has 1 N–H and O–H groups in total. The molecule has 1 aromatic heterocycles. The third-order valence-electron chi connectivity index (χ3n) is 3.62. The number of carbonyl (C=O) groups excluding carboxylic acids is 1. The van der Waals surface area contributed by atoms with Gasteiger partial charge in [0.05, 0.1) is 21.5 Å². The molecular weight excluding hydrogens is 449 g/mol. The topological polar surface area (TPSA) is 86.5 Å². The minimum atomic E-state index is -0.334. The first kappa shape index (κ1) is 19.2. The van der Waals surface area contributed by atoms with Gasteiger partial charge >= 0.3 is 0 Å². The third-order valence-corrected chi connectivity index (χ3v) is 5.26. The fraction of sp³-hybridized carbons (Fsp3) is 0.118. The number of fused-ring (bicyclic) bond motifs is 1. The van der Waals surface area contributed by atoms with Gasteiger partial charge in [-0.15, -0.1) is 10.2 Å². The number of ether oxygens (including phenoxy) is 2. The van der Waals surface area contributed by atoms with Crippen LogP contribution in [0.4, 0.5) is 5.69 Å². The summed E-state index contributed by atoms with van der Waals surface area (Å²) in [7, 11) is 0. The van der Waals surface area contributed by atoms with E-state index in [4.69, 9.17) is 48.7 Å². The van der Waals surface area contributed by atoms with Crippen molar-refractivity contribution in [2.45, 2.75) is 5.22 Å². The molecule has 28 heavy (non-hydrogen) atoms. The van der Waals surface area contributed by atoms with Crippen LogP contribution in [0.2, 0.25) is 15.1 Å². The van der Waals surface area contributed by atoms with Crippen molar-refractivity contribution in [3.05, 3.63) is 45.4 Å². The van der Waals surface area contributed by atoms with Crippen molar-refractivity contribution in [2.75, 3.05) is 17.9 Å². The van der Waals surface area contributed by atoms with Crippen LogP contribution < -0.4 is 14.8 Å². The quantitative estimate of drug-likeness (QED) is 0.529. The molecule has 0 saturated heterocycles. The van der Waals surface area contributed by atoms with Crippen LogP contribution in [0.25, 0.3) is 11.5 Å². The van der Waals surface area contributed by atoms with Crippen molar-refractivity contribution < 1.29 is 18.7 Å². The number of nitrogens with one attached hydrogen (secondary N) is 1. The van der Waals surface area contributed by atoms with E-state index in [-0.39, 0.29) is 33.7 Å². The molecule has 4 rings (SSSR count). The number of nitrogens with zero attached hydrogens (tertiary/aromatic N) is 2. The molecule has 0 radical (unpaired) electrons. The van der Waals surface area contributed by atoms with Crippen molar-refractivity contribution >= 4 is 58.2 Å². The first-order chi connectivity index (χ1) is 13.5. The van der Waals surface area contributed by atoms with Crippen LogP contribution in [0.15, 0.2) is 40.0 Å². The Morgan fingerprint density at radius 3 is 2.61 bits per heavy atom. The van der Waals surface area contributed by atoms with Crippen LogP contribution >= 0.6 is 46.6 Å². The Kier molecular flexibility index (Phi) is 5.54. The Hall–Kier alpha value is -2.13. The Labute approximate surface area is 178 Å². The molecule has 0 spiro atoms. The van der Waals surface area contributed by atoms with Crippen molar-refractivity contribution in [3.63, 3.8) is 0 Å². The molecule has 1 aliphatic rings. The smallest absolute Gasteiger partial charge is 0.277 e. The van der Waals surface area contributed by atoms with Gasteiger partial charge in [0.1, 0.15) is 0 Å². The zero-order valence-corrected chi connectivity index (χ0v) is 17.0. The van der Waals surface area contributed by atoms with Crippen molar-refractivity contribution in [1.82, 2.24) is 10.2 Å². The number of hydrogen-bond donors (Lipinski definition) is 1. The maximum atomic E-state index is 12.2. The van der Waals surface area contributed by atoms with Gasteiger partial charge in [-0.25, -0.2) is 0 Å². The standard InChI is InChI=1S/C17H10Cl3N3O4S/c18-9-4-10(19)15(11(20)5-9)21-14(24)6-28-17-23-22-16(27-17)8-1-2-12-13(3-8)26-7-25-12/h1-5H,6-7H2,(H,21,24). The lowest BCUT2D eigenvalue weighted by molar-refractivity contribution is -0.113. The molecule has 7 nitrogen and oxygen atoms in total. The highest BCUT2D eigenvalue weighted by atomic mass is 35.5. The largest absolute Gasteiger partial charge is 0.454 e. The highest BCUT2D eigenvalue weighted by Gasteiger charge is 2.18. The van der Waals surface area contributed by atoms with Crippen LogP contribution in [0.3, 0.4) is 0 Å². The Balaban J connectivity index is 1.39. The Morgan fingerprint density at radius 2 is 1.82 bits per heavy atom. The zero-order valence-electron chi connectivity index (χ0n) is 13.9. The summed E-state index contributed by atoms with van der Waals surface area (Å²) in [5.41, 5.74) is 0.984. The van der Waals surface area contributed by atoms with Crippen LogP contribution in [-0.2, 0) is 4.79 Å². The fourth-order valence-corrected chi connectivity index (χ4v) is 3.85. The molecule has 1 aliphatic heterocycles. The summed E-state index contributed by atoms with van der Waals surface area (Å²) in [5.74, 6) is 1.27. The van der Waals surface area contributed by atoms with Crippen LogP contribution in [0.5, 0.6) is 11.5 Å². The minimum Gasteiger partial charge on any atom is -0.454 e. The summed E-state index contributed by atoms with van der Waals surface area (Å²) < 4.78 is 16.2. The molecule has 0 bridgehead atoms. The molecule has 144 valence electrons. The van der Waals surface area contributed by atoms with Gasteiger partial charge in [-0.1, -0.05) is 46.6 Å². The minimum absolute atomic E-state index is 0.0258. The number of benzene rings is 2. The van der Waals surface area contributed by atoms with Crippen molar-refractivity contribution in [1.29, 1.82) is 0 Å². The molecule has 11 heteroatoms. The van der Waals surface area contributed by atoms with Gasteiger partial charge in [0.25, 0.3) is 5.22 Å². The molecule has 0 unspecified atom stereocenters. The number of hydrogen-bond acceptors (Lipinski definition) is 7. The van der Waals surface area contributed by atoms with Gasteiger partial charge in [-0.2, -0.15) is 0 Å². The SMILES string of the molecule is O=C(CSc1nnc(-c2ccc3c(c2)OCO3)o1)Nc1c(Cl)cc(Cl)cc1Cl. The number of carbonyl (C=O) groups is 1. The van der Waals surface area contributed by atoms with E-state index in [1.54, 1.807) is 18.2 Å². The first-order valence-electron chi connectivity index (χ1n) is 7.80. The van der Waals surface area contributed by atoms with E-state index >= 15 is 0 Å². The third kappa shape index (κ3) is 4.15. The van der Waals surface area contributed by atoms with Crippen LogP contribution in [0.1, 0.15) is 0 Å².